The first-order valence-electron chi connectivity index (χ1n) is 5.09. The van der Waals surface area contributed by atoms with Crippen LogP contribution in [0.2, 0.25) is 0 Å². The van der Waals surface area contributed by atoms with Crippen LogP contribution in [0.4, 0.5) is 0 Å². The summed E-state index contributed by atoms with van der Waals surface area (Å²) in [6.07, 6.45) is 0.0695. The minimum absolute atomic E-state index is 0.0142. The molecule has 15 heavy (non-hydrogen) atoms. The van der Waals surface area contributed by atoms with Crippen molar-refractivity contribution in [2.24, 2.45) is 0 Å². The molecule has 1 heterocycles. The van der Waals surface area contributed by atoms with Gasteiger partial charge >= 0.3 is 0 Å². The normalized spacial score (nSPS) is 12.5. The van der Waals surface area contributed by atoms with E-state index in [4.69, 9.17) is 4.74 Å². The van der Waals surface area contributed by atoms with Gasteiger partial charge in [-0.15, -0.1) is 11.3 Å². The fourth-order valence-electron chi connectivity index (χ4n) is 1.22. The van der Waals surface area contributed by atoms with Gasteiger partial charge in [0.15, 0.2) is 0 Å². The van der Waals surface area contributed by atoms with Gasteiger partial charge in [-0.25, -0.2) is 0 Å². The Bertz CT molecular complexity index is 322. The molecule has 0 aliphatic rings. The topological polar surface area (TPSA) is 38.3 Å². The van der Waals surface area contributed by atoms with Gasteiger partial charge in [-0.1, -0.05) is 0 Å². The van der Waals surface area contributed by atoms with Gasteiger partial charge in [0.2, 0.25) is 0 Å². The number of nitrogens with one attached hydrogen (secondary N) is 1. The Hall–Kier alpha value is -0.870. The van der Waals surface area contributed by atoms with E-state index in [9.17, 15) is 4.79 Å². The van der Waals surface area contributed by atoms with Gasteiger partial charge in [-0.05, 0) is 32.9 Å². The average Bonchev–Trinajstić information content (AvgIpc) is 2.62. The summed E-state index contributed by atoms with van der Waals surface area (Å²) < 4.78 is 5.32. The lowest BCUT2D eigenvalue weighted by atomic mass is 10.3. The van der Waals surface area contributed by atoms with Gasteiger partial charge in [0.25, 0.3) is 5.91 Å². The molecule has 4 heteroatoms. The van der Waals surface area contributed by atoms with E-state index in [1.165, 1.54) is 11.3 Å². The van der Waals surface area contributed by atoms with Crippen molar-refractivity contribution in [1.29, 1.82) is 0 Å². The highest BCUT2D eigenvalue weighted by molar-refractivity contribution is 7.13. The Morgan fingerprint density at radius 2 is 2.33 bits per heavy atom. The number of hydrogen-bond donors (Lipinski definition) is 1. The molecule has 0 aromatic carbocycles. The van der Waals surface area contributed by atoms with Gasteiger partial charge in [-0.3, -0.25) is 4.79 Å². The molecule has 0 aliphatic heterocycles. The summed E-state index contributed by atoms with van der Waals surface area (Å²) in [6, 6.07) is 3.80. The van der Waals surface area contributed by atoms with Crippen molar-refractivity contribution in [3.8, 4) is 0 Å². The Kier molecular flexibility index (Phi) is 4.78. The monoisotopic (exact) mass is 227 g/mol. The Labute approximate surface area is 94.5 Å². The van der Waals surface area contributed by atoms with Gasteiger partial charge in [0.1, 0.15) is 0 Å². The zero-order valence-electron chi connectivity index (χ0n) is 9.37. The molecule has 0 radical (unpaired) electrons. The zero-order chi connectivity index (χ0) is 11.3. The Balaban J connectivity index is 2.36. The highest BCUT2D eigenvalue weighted by Crippen LogP contribution is 2.14. The van der Waals surface area contributed by atoms with Crippen LogP contribution in [0.15, 0.2) is 12.1 Å². The third kappa shape index (κ3) is 4.01. The predicted octanol–water partition coefficient (Wildman–Crippen LogP) is 2.21. The minimum atomic E-state index is -0.0142. The number of amides is 1. The van der Waals surface area contributed by atoms with Crippen LogP contribution < -0.4 is 5.32 Å². The molecule has 0 saturated heterocycles. The molecular formula is C11H17NO2S. The van der Waals surface area contributed by atoms with Crippen molar-refractivity contribution in [3.05, 3.63) is 21.9 Å². The van der Waals surface area contributed by atoms with Crippen LogP contribution in [0.5, 0.6) is 0 Å². The first-order chi connectivity index (χ1) is 7.13. The molecule has 1 rings (SSSR count). The molecule has 0 saturated carbocycles. The summed E-state index contributed by atoms with van der Waals surface area (Å²) in [5, 5.41) is 2.84. The van der Waals surface area contributed by atoms with Crippen LogP contribution in [0, 0.1) is 6.92 Å². The molecular weight excluding hydrogens is 210 g/mol. The van der Waals surface area contributed by atoms with Crippen molar-refractivity contribution < 1.29 is 9.53 Å². The molecule has 1 atom stereocenters. The fourth-order valence-corrected chi connectivity index (χ4v) is 2.01. The van der Waals surface area contributed by atoms with Crippen LogP contribution in [0.1, 0.15) is 28.4 Å². The van der Waals surface area contributed by atoms with Crippen LogP contribution in [-0.4, -0.2) is 25.2 Å². The number of carbonyl (C=O) groups is 1. The van der Waals surface area contributed by atoms with Crippen molar-refractivity contribution in [1.82, 2.24) is 5.32 Å². The first kappa shape index (κ1) is 12.2. The average molecular weight is 227 g/mol. The molecule has 1 aromatic heterocycles. The second-order valence-corrected chi connectivity index (χ2v) is 4.67. The molecule has 3 nitrogen and oxygen atoms in total. The number of aryl methyl sites for hydroxylation is 1. The summed E-state index contributed by atoms with van der Waals surface area (Å²) in [7, 11) is 0. The third-order valence-electron chi connectivity index (χ3n) is 1.97. The third-order valence-corrected chi connectivity index (χ3v) is 2.96. The maximum Gasteiger partial charge on any atom is 0.261 e. The van der Waals surface area contributed by atoms with Crippen molar-refractivity contribution >= 4 is 17.2 Å². The first-order valence-corrected chi connectivity index (χ1v) is 5.91. The molecule has 0 spiro atoms. The summed E-state index contributed by atoms with van der Waals surface area (Å²) >= 11 is 1.51. The molecule has 0 aliphatic carbocycles. The van der Waals surface area contributed by atoms with E-state index in [0.29, 0.717) is 13.2 Å². The van der Waals surface area contributed by atoms with E-state index in [-0.39, 0.29) is 12.0 Å². The lowest BCUT2D eigenvalue weighted by Gasteiger charge is -2.11. The van der Waals surface area contributed by atoms with E-state index >= 15 is 0 Å². The van der Waals surface area contributed by atoms with E-state index in [0.717, 1.165) is 9.75 Å². The van der Waals surface area contributed by atoms with Crippen molar-refractivity contribution in [2.75, 3.05) is 13.2 Å². The zero-order valence-corrected chi connectivity index (χ0v) is 10.2. The predicted molar refractivity (Wildman–Crippen MR) is 62.5 cm³/mol. The summed E-state index contributed by atoms with van der Waals surface area (Å²) in [5.74, 6) is -0.0142. The maximum absolute atomic E-state index is 11.6. The van der Waals surface area contributed by atoms with E-state index in [1.807, 2.05) is 32.9 Å². The summed E-state index contributed by atoms with van der Waals surface area (Å²) in [5.41, 5.74) is 0. The number of thiophene rings is 1. The number of rotatable bonds is 5. The molecule has 1 amide bonds. The molecule has 84 valence electrons. The quantitative estimate of drug-likeness (QED) is 0.837. The van der Waals surface area contributed by atoms with Gasteiger partial charge in [0, 0.05) is 18.0 Å². The highest BCUT2D eigenvalue weighted by atomic mass is 32.1. The van der Waals surface area contributed by atoms with Crippen LogP contribution in [-0.2, 0) is 4.74 Å². The second kappa shape index (κ2) is 5.88. The number of ether oxygens (including phenoxy) is 1. The maximum atomic E-state index is 11.6. The molecule has 0 bridgehead atoms. The van der Waals surface area contributed by atoms with Gasteiger partial charge in [-0.2, -0.15) is 0 Å². The number of carbonyl (C=O) groups excluding carboxylic acids is 1. The summed E-state index contributed by atoms with van der Waals surface area (Å²) in [4.78, 5) is 13.5. The van der Waals surface area contributed by atoms with Crippen molar-refractivity contribution in [2.45, 2.75) is 26.9 Å². The summed E-state index contributed by atoms with van der Waals surface area (Å²) in [6.45, 7) is 7.12. The molecule has 1 unspecified atom stereocenters. The SMILES string of the molecule is CCOC(C)CNC(=O)c1ccc(C)s1. The fraction of sp³-hybridized carbons (Fsp3) is 0.545. The van der Waals surface area contributed by atoms with E-state index < -0.39 is 0 Å². The minimum Gasteiger partial charge on any atom is -0.377 e. The molecule has 0 fully saturated rings. The molecule has 1 aromatic rings. The van der Waals surface area contributed by atoms with E-state index in [1.54, 1.807) is 0 Å². The van der Waals surface area contributed by atoms with Gasteiger partial charge in [0.05, 0.1) is 11.0 Å². The van der Waals surface area contributed by atoms with Crippen LogP contribution >= 0.6 is 11.3 Å². The smallest absolute Gasteiger partial charge is 0.261 e. The number of hydrogen-bond acceptors (Lipinski definition) is 3. The Morgan fingerprint density at radius 1 is 1.60 bits per heavy atom. The van der Waals surface area contributed by atoms with E-state index in [2.05, 4.69) is 5.32 Å². The highest BCUT2D eigenvalue weighted by Gasteiger charge is 2.09. The second-order valence-electron chi connectivity index (χ2n) is 3.39. The lowest BCUT2D eigenvalue weighted by molar-refractivity contribution is 0.0696. The Morgan fingerprint density at radius 3 is 2.87 bits per heavy atom. The lowest BCUT2D eigenvalue weighted by Crippen LogP contribution is -2.31. The van der Waals surface area contributed by atoms with Crippen molar-refractivity contribution in [3.63, 3.8) is 0 Å². The molecule has 1 N–H and O–H groups in total. The van der Waals surface area contributed by atoms with Crippen LogP contribution in [0.25, 0.3) is 0 Å². The van der Waals surface area contributed by atoms with Crippen LogP contribution in [0.3, 0.4) is 0 Å². The largest absolute Gasteiger partial charge is 0.377 e. The van der Waals surface area contributed by atoms with Gasteiger partial charge < -0.3 is 10.1 Å². The standard InChI is InChI=1S/C11H17NO2S/c1-4-14-8(2)7-12-11(13)10-6-5-9(3)15-10/h5-6,8H,4,7H2,1-3H3,(H,12,13).